The number of anilines is 2. The second-order valence-corrected chi connectivity index (χ2v) is 7.84. The minimum Gasteiger partial charge on any atom is -0.478 e. The fourth-order valence-electron chi connectivity index (χ4n) is 3.05. The number of hydrogen-bond acceptors (Lipinski definition) is 3. The molecule has 1 amide bonds. The standard InChI is InChI=1S/C21H25ClN2O2/c1-15-12-13-24(14-15)18-8-6-17(7-9-18)23-20(25)21(2,3)26-19-10-4-16(22)5-11-19/h4-11,15H,12-14H2,1-3H3,(H,23,25). The number of nitrogens with one attached hydrogen (secondary N) is 1. The van der Waals surface area contributed by atoms with Crippen molar-refractivity contribution in [3.05, 3.63) is 53.6 Å². The first-order chi connectivity index (χ1) is 12.3. The van der Waals surface area contributed by atoms with E-state index in [1.54, 1.807) is 38.1 Å². The Labute approximate surface area is 160 Å². The van der Waals surface area contributed by atoms with Crippen LogP contribution in [0.3, 0.4) is 0 Å². The monoisotopic (exact) mass is 372 g/mol. The summed E-state index contributed by atoms with van der Waals surface area (Å²) < 4.78 is 5.83. The lowest BCUT2D eigenvalue weighted by molar-refractivity contribution is -0.128. The molecule has 1 aliphatic heterocycles. The van der Waals surface area contributed by atoms with Crippen LogP contribution in [0.1, 0.15) is 27.2 Å². The third kappa shape index (κ3) is 4.50. The number of benzene rings is 2. The van der Waals surface area contributed by atoms with Gasteiger partial charge in [0.2, 0.25) is 0 Å². The SMILES string of the molecule is CC1CCN(c2ccc(NC(=O)C(C)(C)Oc3ccc(Cl)cc3)cc2)C1. The largest absolute Gasteiger partial charge is 0.478 e. The Kier molecular flexibility index (Phi) is 5.42. The number of amides is 1. The van der Waals surface area contributed by atoms with Crippen molar-refractivity contribution in [2.75, 3.05) is 23.3 Å². The second kappa shape index (κ2) is 7.58. The third-order valence-corrected chi connectivity index (χ3v) is 4.90. The van der Waals surface area contributed by atoms with Crippen LogP contribution in [0.25, 0.3) is 0 Å². The summed E-state index contributed by atoms with van der Waals surface area (Å²) >= 11 is 5.88. The number of ether oxygens (including phenoxy) is 1. The molecule has 1 unspecified atom stereocenters. The molecule has 138 valence electrons. The van der Waals surface area contributed by atoms with Gasteiger partial charge in [-0.1, -0.05) is 18.5 Å². The van der Waals surface area contributed by atoms with Gasteiger partial charge in [0.25, 0.3) is 5.91 Å². The summed E-state index contributed by atoms with van der Waals surface area (Å²) in [6, 6.07) is 15.0. The zero-order valence-electron chi connectivity index (χ0n) is 15.5. The Bertz CT molecular complexity index is 757. The average Bonchev–Trinajstić information content (AvgIpc) is 3.04. The van der Waals surface area contributed by atoms with Crippen molar-refractivity contribution < 1.29 is 9.53 Å². The lowest BCUT2D eigenvalue weighted by Crippen LogP contribution is -2.42. The van der Waals surface area contributed by atoms with E-state index in [0.717, 1.165) is 24.7 Å². The zero-order valence-corrected chi connectivity index (χ0v) is 16.2. The minimum atomic E-state index is -1.00. The molecule has 5 heteroatoms. The van der Waals surface area contributed by atoms with Crippen LogP contribution in [-0.4, -0.2) is 24.6 Å². The Morgan fingerprint density at radius 1 is 1.15 bits per heavy atom. The van der Waals surface area contributed by atoms with Gasteiger partial charge in [-0.2, -0.15) is 0 Å². The molecule has 2 aromatic rings. The summed E-state index contributed by atoms with van der Waals surface area (Å²) in [6.07, 6.45) is 1.23. The highest BCUT2D eigenvalue weighted by atomic mass is 35.5. The van der Waals surface area contributed by atoms with E-state index < -0.39 is 5.60 Å². The van der Waals surface area contributed by atoms with Crippen molar-refractivity contribution in [1.82, 2.24) is 0 Å². The van der Waals surface area contributed by atoms with E-state index in [9.17, 15) is 4.79 Å². The molecule has 1 heterocycles. The molecule has 1 atom stereocenters. The molecule has 4 nitrogen and oxygen atoms in total. The summed E-state index contributed by atoms with van der Waals surface area (Å²) in [6.45, 7) is 7.95. The molecule has 0 saturated carbocycles. The van der Waals surface area contributed by atoms with Crippen LogP contribution >= 0.6 is 11.6 Å². The van der Waals surface area contributed by atoms with Gasteiger partial charge in [-0.15, -0.1) is 0 Å². The molecular weight excluding hydrogens is 348 g/mol. The van der Waals surface area contributed by atoms with Gasteiger partial charge < -0.3 is 15.0 Å². The van der Waals surface area contributed by atoms with E-state index in [2.05, 4.69) is 29.3 Å². The van der Waals surface area contributed by atoms with Crippen LogP contribution in [0.2, 0.25) is 5.02 Å². The van der Waals surface area contributed by atoms with E-state index in [1.165, 1.54) is 12.1 Å². The molecule has 0 radical (unpaired) electrons. The fourth-order valence-corrected chi connectivity index (χ4v) is 3.18. The molecule has 0 spiro atoms. The summed E-state index contributed by atoms with van der Waals surface area (Å²) in [4.78, 5) is 15.0. The Morgan fingerprint density at radius 2 is 1.81 bits per heavy atom. The van der Waals surface area contributed by atoms with Crippen molar-refractivity contribution in [2.24, 2.45) is 5.92 Å². The highest BCUT2D eigenvalue weighted by Gasteiger charge is 2.30. The first-order valence-electron chi connectivity index (χ1n) is 8.94. The average molecular weight is 373 g/mol. The van der Waals surface area contributed by atoms with Gasteiger partial charge in [0.15, 0.2) is 5.60 Å². The molecule has 1 saturated heterocycles. The van der Waals surface area contributed by atoms with Crippen LogP contribution in [0.15, 0.2) is 48.5 Å². The quantitative estimate of drug-likeness (QED) is 0.804. The molecule has 0 aliphatic carbocycles. The van der Waals surface area contributed by atoms with Gasteiger partial charge in [-0.25, -0.2) is 0 Å². The maximum atomic E-state index is 12.6. The molecule has 1 aliphatic rings. The summed E-state index contributed by atoms with van der Waals surface area (Å²) in [7, 11) is 0. The number of hydrogen-bond donors (Lipinski definition) is 1. The van der Waals surface area contributed by atoms with Crippen LogP contribution in [-0.2, 0) is 4.79 Å². The van der Waals surface area contributed by atoms with Gasteiger partial charge in [0, 0.05) is 29.5 Å². The predicted octanol–water partition coefficient (Wildman–Crippen LogP) is 4.98. The predicted molar refractivity (Wildman–Crippen MR) is 107 cm³/mol. The van der Waals surface area contributed by atoms with E-state index in [0.29, 0.717) is 10.8 Å². The second-order valence-electron chi connectivity index (χ2n) is 7.41. The molecule has 0 bridgehead atoms. The molecule has 26 heavy (non-hydrogen) atoms. The number of carbonyl (C=O) groups excluding carboxylic acids is 1. The van der Waals surface area contributed by atoms with Crippen LogP contribution in [0, 0.1) is 5.92 Å². The normalized spacial score (nSPS) is 17.2. The Balaban J connectivity index is 1.62. The summed E-state index contributed by atoms with van der Waals surface area (Å²) in [5, 5.41) is 3.56. The van der Waals surface area contributed by atoms with Gasteiger partial charge in [-0.3, -0.25) is 4.79 Å². The molecule has 3 rings (SSSR count). The highest BCUT2D eigenvalue weighted by molar-refractivity contribution is 6.30. The van der Waals surface area contributed by atoms with E-state index in [-0.39, 0.29) is 5.91 Å². The summed E-state index contributed by atoms with van der Waals surface area (Å²) in [5.74, 6) is 1.14. The van der Waals surface area contributed by atoms with E-state index in [4.69, 9.17) is 16.3 Å². The zero-order chi connectivity index (χ0) is 18.7. The summed E-state index contributed by atoms with van der Waals surface area (Å²) in [5.41, 5.74) is 0.958. The van der Waals surface area contributed by atoms with Crippen LogP contribution in [0.5, 0.6) is 5.75 Å². The van der Waals surface area contributed by atoms with Crippen LogP contribution < -0.4 is 15.0 Å². The van der Waals surface area contributed by atoms with Crippen molar-refractivity contribution in [3.8, 4) is 5.75 Å². The van der Waals surface area contributed by atoms with E-state index >= 15 is 0 Å². The highest BCUT2D eigenvalue weighted by Crippen LogP contribution is 2.26. The third-order valence-electron chi connectivity index (χ3n) is 4.65. The molecular formula is C21H25ClN2O2. The van der Waals surface area contributed by atoms with Crippen LogP contribution in [0.4, 0.5) is 11.4 Å². The number of nitrogens with zero attached hydrogens (tertiary/aromatic N) is 1. The molecule has 1 fully saturated rings. The van der Waals surface area contributed by atoms with Crippen molar-refractivity contribution in [1.29, 1.82) is 0 Å². The maximum absolute atomic E-state index is 12.6. The fraction of sp³-hybridized carbons (Fsp3) is 0.381. The minimum absolute atomic E-state index is 0.199. The molecule has 0 aromatic heterocycles. The first-order valence-corrected chi connectivity index (χ1v) is 9.32. The topological polar surface area (TPSA) is 41.6 Å². The Morgan fingerprint density at radius 3 is 2.38 bits per heavy atom. The lowest BCUT2D eigenvalue weighted by atomic mass is 10.1. The van der Waals surface area contributed by atoms with E-state index in [1.807, 2.05) is 12.1 Å². The first kappa shape index (κ1) is 18.6. The van der Waals surface area contributed by atoms with Crippen molar-refractivity contribution in [2.45, 2.75) is 32.8 Å². The Hall–Kier alpha value is -2.20. The maximum Gasteiger partial charge on any atom is 0.267 e. The van der Waals surface area contributed by atoms with Gasteiger partial charge in [0.05, 0.1) is 0 Å². The molecule has 2 aromatic carbocycles. The lowest BCUT2D eigenvalue weighted by Gasteiger charge is -2.25. The number of rotatable bonds is 5. The van der Waals surface area contributed by atoms with Crippen molar-refractivity contribution in [3.63, 3.8) is 0 Å². The van der Waals surface area contributed by atoms with Crippen molar-refractivity contribution >= 4 is 28.9 Å². The van der Waals surface area contributed by atoms with Gasteiger partial charge in [-0.05, 0) is 74.7 Å². The molecule has 1 N–H and O–H groups in total. The van der Waals surface area contributed by atoms with Gasteiger partial charge in [0.1, 0.15) is 5.75 Å². The van der Waals surface area contributed by atoms with Gasteiger partial charge >= 0.3 is 0 Å². The number of carbonyl (C=O) groups is 1. The smallest absolute Gasteiger partial charge is 0.267 e. The number of halogens is 1.